The van der Waals surface area contributed by atoms with Gasteiger partial charge in [-0.25, -0.2) is 0 Å². The molecule has 3 aliphatic carbocycles. The highest BCUT2D eigenvalue weighted by Crippen LogP contribution is 2.60. The lowest BCUT2D eigenvalue weighted by Crippen LogP contribution is -2.53. The van der Waals surface area contributed by atoms with Crippen LogP contribution in [-0.2, 0) is 0 Å². The van der Waals surface area contributed by atoms with Crippen molar-refractivity contribution in [1.29, 1.82) is 0 Å². The van der Waals surface area contributed by atoms with E-state index in [0.29, 0.717) is 11.3 Å². The Balaban J connectivity index is 2.23. The highest BCUT2D eigenvalue weighted by molar-refractivity contribution is 5.22. The molecule has 0 saturated heterocycles. The van der Waals surface area contributed by atoms with Crippen LogP contribution in [0, 0.1) is 17.3 Å². The predicted molar refractivity (Wildman–Crippen MR) is 45.1 cm³/mol. The number of hydrogen-bond acceptors (Lipinski definition) is 1. The van der Waals surface area contributed by atoms with Crippen LogP contribution >= 0.6 is 0 Å². The molecule has 3 rings (SSSR count). The van der Waals surface area contributed by atoms with Gasteiger partial charge in [0.05, 0.1) is 6.10 Å². The van der Waals surface area contributed by atoms with Gasteiger partial charge in [-0.3, -0.25) is 0 Å². The van der Waals surface area contributed by atoms with E-state index in [2.05, 4.69) is 20.4 Å². The molecule has 62 valence electrons. The fraction of sp³-hybridized carbons (Fsp3) is 0.800. The van der Waals surface area contributed by atoms with Gasteiger partial charge < -0.3 is 5.11 Å². The molecule has 2 bridgehead atoms. The normalized spacial score (nSPS) is 46.8. The van der Waals surface area contributed by atoms with Gasteiger partial charge in [0.2, 0.25) is 0 Å². The summed E-state index contributed by atoms with van der Waals surface area (Å²) in [6.45, 7) is 8.55. The van der Waals surface area contributed by atoms with Gasteiger partial charge in [-0.15, -0.1) is 0 Å². The van der Waals surface area contributed by atoms with Crippen LogP contribution in [0.4, 0.5) is 0 Å². The van der Waals surface area contributed by atoms with E-state index in [1.54, 1.807) is 0 Å². The molecular weight excluding hydrogens is 136 g/mol. The highest BCUT2D eigenvalue weighted by Gasteiger charge is 2.54. The van der Waals surface area contributed by atoms with Gasteiger partial charge in [0.25, 0.3) is 0 Å². The zero-order valence-corrected chi connectivity index (χ0v) is 7.30. The Bertz CT molecular complexity index is 205. The minimum Gasteiger partial charge on any atom is -0.389 e. The Labute approximate surface area is 68.1 Å². The van der Waals surface area contributed by atoms with Crippen molar-refractivity contribution >= 4 is 0 Å². The average molecular weight is 152 g/mol. The van der Waals surface area contributed by atoms with Crippen LogP contribution in [0.15, 0.2) is 12.2 Å². The third-order valence-corrected chi connectivity index (χ3v) is 3.85. The van der Waals surface area contributed by atoms with Crippen LogP contribution in [-0.4, -0.2) is 11.2 Å². The van der Waals surface area contributed by atoms with Crippen molar-refractivity contribution in [3.05, 3.63) is 12.2 Å². The first kappa shape index (κ1) is 7.35. The molecule has 1 N–H and O–H groups in total. The molecule has 1 nitrogen and oxygen atoms in total. The number of aliphatic hydroxyl groups is 1. The van der Waals surface area contributed by atoms with E-state index in [9.17, 15) is 5.11 Å². The number of aliphatic hydroxyl groups excluding tert-OH is 1. The quantitative estimate of drug-likeness (QED) is 0.526. The number of rotatable bonds is 0. The summed E-state index contributed by atoms with van der Waals surface area (Å²) in [6.07, 6.45) is 2.01. The molecule has 0 radical (unpaired) electrons. The molecule has 3 fully saturated rings. The van der Waals surface area contributed by atoms with Crippen LogP contribution in [0.3, 0.4) is 0 Å². The maximum atomic E-state index is 9.51. The molecule has 0 aromatic carbocycles. The van der Waals surface area contributed by atoms with E-state index in [1.165, 1.54) is 6.42 Å². The molecule has 3 atom stereocenters. The fourth-order valence-electron chi connectivity index (χ4n) is 2.70. The minimum atomic E-state index is -0.202. The molecule has 3 saturated carbocycles. The van der Waals surface area contributed by atoms with Gasteiger partial charge in [-0.2, -0.15) is 0 Å². The van der Waals surface area contributed by atoms with Crippen molar-refractivity contribution < 1.29 is 5.11 Å². The topological polar surface area (TPSA) is 20.2 Å². The maximum absolute atomic E-state index is 9.51. The number of hydrogen-bond donors (Lipinski definition) is 1. The zero-order chi connectivity index (χ0) is 8.22. The van der Waals surface area contributed by atoms with E-state index >= 15 is 0 Å². The SMILES string of the molecule is C=C1[C@H](O)C[C@@H]2C[C@@H]1C2(C)C. The number of fused-ring (bicyclic) bond motifs is 2. The van der Waals surface area contributed by atoms with Gasteiger partial charge in [0.15, 0.2) is 0 Å². The first-order valence-electron chi connectivity index (χ1n) is 4.40. The van der Waals surface area contributed by atoms with Crippen LogP contribution in [0.2, 0.25) is 0 Å². The molecule has 0 unspecified atom stereocenters. The standard InChI is InChI=1S/C10H16O/c1-6-8-4-7(5-9(6)11)10(8,2)3/h7-9,11H,1,4-5H2,2-3H3/t7-,8-,9+/m0/s1. The van der Waals surface area contributed by atoms with E-state index in [1.807, 2.05) is 0 Å². The molecule has 0 heterocycles. The smallest absolute Gasteiger partial charge is 0.0753 e. The van der Waals surface area contributed by atoms with Gasteiger partial charge in [-0.05, 0) is 35.7 Å². The summed E-state index contributed by atoms with van der Waals surface area (Å²) in [6, 6.07) is 0. The lowest BCUT2D eigenvalue weighted by Gasteiger charge is -2.59. The minimum absolute atomic E-state index is 0.202. The summed E-state index contributed by atoms with van der Waals surface area (Å²) in [5, 5.41) is 9.51. The van der Waals surface area contributed by atoms with E-state index in [4.69, 9.17) is 0 Å². The Hall–Kier alpha value is -0.300. The van der Waals surface area contributed by atoms with Gasteiger partial charge in [0, 0.05) is 0 Å². The molecule has 0 aliphatic heterocycles. The summed E-state index contributed by atoms with van der Waals surface area (Å²) in [4.78, 5) is 0. The van der Waals surface area contributed by atoms with Crippen molar-refractivity contribution in [2.75, 3.05) is 0 Å². The second kappa shape index (κ2) is 1.89. The van der Waals surface area contributed by atoms with Crippen molar-refractivity contribution in [1.82, 2.24) is 0 Å². The average Bonchev–Trinajstić information content (AvgIpc) is 1.93. The second-order valence-corrected chi connectivity index (χ2v) is 4.63. The summed E-state index contributed by atoms with van der Waals surface area (Å²) < 4.78 is 0. The van der Waals surface area contributed by atoms with E-state index in [0.717, 1.165) is 17.9 Å². The van der Waals surface area contributed by atoms with Gasteiger partial charge >= 0.3 is 0 Å². The largest absolute Gasteiger partial charge is 0.389 e. The van der Waals surface area contributed by atoms with E-state index in [-0.39, 0.29) is 6.10 Å². The monoisotopic (exact) mass is 152 g/mol. The predicted octanol–water partition coefficient (Wildman–Crippen LogP) is 1.97. The fourth-order valence-corrected chi connectivity index (χ4v) is 2.70. The zero-order valence-electron chi connectivity index (χ0n) is 7.30. The van der Waals surface area contributed by atoms with Gasteiger partial charge in [-0.1, -0.05) is 20.4 Å². The molecule has 11 heavy (non-hydrogen) atoms. The molecule has 0 amide bonds. The van der Waals surface area contributed by atoms with Crippen molar-refractivity contribution in [2.45, 2.75) is 32.8 Å². The van der Waals surface area contributed by atoms with Gasteiger partial charge in [0.1, 0.15) is 0 Å². The molecule has 0 spiro atoms. The first-order valence-corrected chi connectivity index (χ1v) is 4.40. The molecule has 1 heteroatoms. The molecular formula is C10H16O. The van der Waals surface area contributed by atoms with E-state index < -0.39 is 0 Å². The molecule has 0 aromatic heterocycles. The Morgan fingerprint density at radius 2 is 2.09 bits per heavy atom. The third-order valence-electron chi connectivity index (χ3n) is 3.85. The van der Waals surface area contributed by atoms with Crippen LogP contribution < -0.4 is 0 Å². The Kier molecular flexibility index (Phi) is 1.26. The Morgan fingerprint density at radius 3 is 2.45 bits per heavy atom. The summed E-state index contributed by atoms with van der Waals surface area (Å²) in [7, 11) is 0. The lowest BCUT2D eigenvalue weighted by atomic mass is 9.47. The van der Waals surface area contributed by atoms with Crippen LogP contribution in [0.25, 0.3) is 0 Å². The maximum Gasteiger partial charge on any atom is 0.0753 e. The van der Waals surface area contributed by atoms with Crippen molar-refractivity contribution in [3.63, 3.8) is 0 Å². The molecule has 3 aliphatic rings. The molecule has 0 aromatic rings. The van der Waals surface area contributed by atoms with Crippen molar-refractivity contribution in [3.8, 4) is 0 Å². The summed E-state index contributed by atoms with van der Waals surface area (Å²) >= 11 is 0. The van der Waals surface area contributed by atoms with Crippen molar-refractivity contribution in [2.24, 2.45) is 17.3 Å². The summed E-state index contributed by atoms with van der Waals surface area (Å²) in [5.74, 6) is 1.34. The summed E-state index contributed by atoms with van der Waals surface area (Å²) in [5.41, 5.74) is 1.51. The first-order chi connectivity index (χ1) is 5.03. The second-order valence-electron chi connectivity index (χ2n) is 4.63. The van der Waals surface area contributed by atoms with Crippen LogP contribution in [0.1, 0.15) is 26.7 Å². The lowest BCUT2D eigenvalue weighted by molar-refractivity contribution is -0.0705. The van der Waals surface area contributed by atoms with Crippen LogP contribution in [0.5, 0.6) is 0 Å². The highest BCUT2D eigenvalue weighted by atomic mass is 16.3. The Morgan fingerprint density at radius 1 is 1.45 bits per heavy atom. The third kappa shape index (κ3) is 0.750.